The van der Waals surface area contributed by atoms with Crippen molar-refractivity contribution in [3.8, 4) is 0 Å². The molecule has 0 aromatic carbocycles. The van der Waals surface area contributed by atoms with Crippen molar-refractivity contribution in [1.29, 1.82) is 0 Å². The third-order valence-corrected chi connectivity index (χ3v) is 5.04. The molecule has 1 atom stereocenters. The van der Waals surface area contributed by atoms with Crippen molar-refractivity contribution in [3.05, 3.63) is 16.3 Å². The van der Waals surface area contributed by atoms with Gasteiger partial charge in [0.15, 0.2) is 12.1 Å². The molecule has 1 aromatic rings. The molecule has 2 rings (SSSR count). The van der Waals surface area contributed by atoms with Gasteiger partial charge in [-0.25, -0.2) is 0 Å². The first-order chi connectivity index (χ1) is 9.66. The molecule has 1 saturated heterocycles. The van der Waals surface area contributed by atoms with Crippen molar-refractivity contribution in [2.24, 2.45) is 0 Å². The summed E-state index contributed by atoms with van der Waals surface area (Å²) in [5, 5.41) is 11.2. The van der Waals surface area contributed by atoms with Crippen LogP contribution in [-0.2, 0) is 14.0 Å². The molecule has 0 radical (unpaired) electrons. The molecule has 5 nitrogen and oxygen atoms in total. The summed E-state index contributed by atoms with van der Waals surface area (Å²) in [4.78, 5) is 12.6. The first kappa shape index (κ1) is 16.6. The van der Waals surface area contributed by atoms with E-state index in [1.54, 1.807) is 6.07 Å². The number of Topliss-reactive ketones (excluding diaryl/α,β-unsaturated/α-hetero) is 1. The minimum Gasteiger partial charge on any atom is -0.399 e. The van der Waals surface area contributed by atoms with E-state index in [-0.39, 0.29) is 12.2 Å². The second-order valence-corrected chi connectivity index (χ2v) is 7.06. The second-order valence-electron chi connectivity index (χ2n) is 6.15. The predicted octanol–water partition coefficient (Wildman–Crippen LogP) is 1.58. The smallest absolute Gasteiger partial charge is 0.399 e. The molecule has 7 heteroatoms. The predicted molar refractivity (Wildman–Crippen MR) is 82.0 cm³/mol. The van der Waals surface area contributed by atoms with Crippen LogP contribution >= 0.6 is 11.3 Å². The number of carbonyl (C=O) groups excluding carboxylic acids is 1. The van der Waals surface area contributed by atoms with Crippen molar-refractivity contribution >= 4 is 29.7 Å². The monoisotopic (exact) mass is 312 g/mol. The van der Waals surface area contributed by atoms with Crippen LogP contribution in [0.5, 0.6) is 0 Å². The molecule has 0 spiro atoms. The molecule has 1 unspecified atom stereocenters. The molecule has 0 aliphatic carbocycles. The van der Waals surface area contributed by atoms with Gasteiger partial charge < -0.3 is 19.2 Å². The first-order valence-corrected chi connectivity index (χ1v) is 7.72. The summed E-state index contributed by atoms with van der Waals surface area (Å²) in [6.07, 6.45) is -1.13. The highest BCUT2D eigenvalue weighted by Crippen LogP contribution is 2.36. The van der Waals surface area contributed by atoms with Gasteiger partial charge in [-0.3, -0.25) is 4.79 Å². The zero-order valence-corrected chi connectivity index (χ0v) is 13.8. The Kier molecular flexibility index (Phi) is 4.61. The Morgan fingerprint density at radius 3 is 2.48 bits per heavy atom. The van der Waals surface area contributed by atoms with Gasteiger partial charge in [0.25, 0.3) is 0 Å². The molecule has 0 bridgehead atoms. The lowest BCUT2D eigenvalue weighted by Crippen LogP contribution is -2.41. The summed E-state index contributed by atoms with van der Waals surface area (Å²) in [5.41, 5.74) is 0.0142. The van der Waals surface area contributed by atoms with E-state index in [0.29, 0.717) is 4.88 Å². The minimum absolute atomic E-state index is 0.0557. The Morgan fingerprint density at radius 2 is 1.95 bits per heavy atom. The van der Waals surface area contributed by atoms with Gasteiger partial charge in [0.1, 0.15) is 0 Å². The highest BCUT2D eigenvalue weighted by atomic mass is 32.1. The number of methoxy groups -OCH3 is 1. The zero-order chi connectivity index (χ0) is 15.8. The number of carbonyl (C=O) groups is 1. The molecule has 21 heavy (non-hydrogen) atoms. The van der Waals surface area contributed by atoms with Crippen molar-refractivity contribution < 1.29 is 23.9 Å². The topological polar surface area (TPSA) is 65.0 Å². The Balaban J connectivity index is 2.09. The summed E-state index contributed by atoms with van der Waals surface area (Å²) in [6.45, 7) is 7.95. The summed E-state index contributed by atoms with van der Waals surface area (Å²) < 4.78 is 16.6. The van der Waals surface area contributed by atoms with E-state index in [4.69, 9.17) is 14.0 Å². The third-order valence-electron chi connectivity index (χ3n) is 4.05. The fourth-order valence-corrected chi connectivity index (χ4v) is 2.80. The van der Waals surface area contributed by atoms with Crippen LogP contribution in [0.2, 0.25) is 0 Å². The van der Waals surface area contributed by atoms with Crippen LogP contribution in [0.3, 0.4) is 0 Å². The van der Waals surface area contributed by atoms with Gasteiger partial charge in [-0.2, -0.15) is 0 Å². The van der Waals surface area contributed by atoms with Crippen molar-refractivity contribution in [2.45, 2.75) is 51.6 Å². The van der Waals surface area contributed by atoms with Crippen LogP contribution in [-0.4, -0.2) is 42.6 Å². The molecule has 1 fully saturated rings. The number of ether oxygens (including phenoxy) is 1. The lowest BCUT2D eigenvalue weighted by Gasteiger charge is -2.32. The van der Waals surface area contributed by atoms with E-state index < -0.39 is 24.6 Å². The molecule has 1 aliphatic heterocycles. The molecule has 0 saturated carbocycles. The highest BCUT2D eigenvalue weighted by molar-refractivity contribution is 7.13. The van der Waals surface area contributed by atoms with E-state index in [1.165, 1.54) is 18.4 Å². The van der Waals surface area contributed by atoms with Gasteiger partial charge in [-0.1, -0.05) is 0 Å². The Bertz CT molecular complexity index is 509. The van der Waals surface area contributed by atoms with Crippen LogP contribution in [0.4, 0.5) is 0 Å². The minimum atomic E-state index is -1.07. The van der Waals surface area contributed by atoms with Gasteiger partial charge >= 0.3 is 7.12 Å². The van der Waals surface area contributed by atoms with Crippen LogP contribution in [0.1, 0.15) is 43.8 Å². The maximum atomic E-state index is 12.0. The van der Waals surface area contributed by atoms with E-state index in [2.05, 4.69) is 0 Å². The molecule has 1 N–H and O–H groups in total. The Morgan fingerprint density at radius 1 is 1.38 bits per heavy atom. The summed E-state index contributed by atoms with van der Waals surface area (Å²) in [6, 6.07) is 1.76. The standard InChI is InChI=1S/C14H21BO5S/c1-13(2)14(3,4)20-15(19-13)9-6-11(21-8-9)10(16)7-12(17)18-5/h6,8,12,17H,7H2,1-5H3. The lowest BCUT2D eigenvalue weighted by molar-refractivity contribution is -0.0716. The molecular formula is C14H21BO5S. The SMILES string of the molecule is COC(O)CC(=O)c1cc(B2OC(C)(C)C(C)(C)O2)cs1. The zero-order valence-electron chi connectivity index (χ0n) is 13.0. The lowest BCUT2D eigenvalue weighted by atomic mass is 9.81. The van der Waals surface area contributed by atoms with Gasteiger partial charge in [0, 0.05) is 7.11 Å². The Hall–Kier alpha value is -0.725. The fourth-order valence-electron chi connectivity index (χ4n) is 1.94. The molecule has 0 amide bonds. The maximum Gasteiger partial charge on any atom is 0.495 e. The van der Waals surface area contributed by atoms with Crippen LogP contribution in [0.15, 0.2) is 11.4 Å². The molecular weight excluding hydrogens is 291 g/mol. The fraction of sp³-hybridized carbons (Fsp3) is 0.643. The Labute approximate surface area is 129 Å². The van der Waals surface area contributed by atoms with Gasteiger partial charge in [-0.05, 0) is 44.6 Å². The van der Waals surface area contributed by atoms with Gasteiger partial charge in [0.2, 0.25) is 0 Å². The molecule has 2 heterocycles. The summed E-state index contributed by atoms with van der Waals surface area (Å²) in [5.74, 6) is -0.155. The summed E-state index contributed by atoms with van der Waals surface area (Å²) >= 11 is 1.32. The highest BCUT2D eigenvalue weighted by Gasteiger charge is 2.51. The van der Waals surface area contributed by atoms with Gasteiger partial charge in [-0.15, -0.1) is 11.3 Å². The van der Waals surface area contributed by atoms with Crippen LogP contribution in [0, 0.1) is 0 Å². The van der Waals surface area contributed by atoms with Gasteiger partial charge in [0.05, 0.1) is 22.5 Å². The average Bonchev–Trinajstić information content (AvgIpc) is 2.93. The van der Waals surface area contributed by atoms with E-state index >= 15 is 0 Å². The van der Waals surface area contributed by atoms with Crippen molar-refractivity contribution in [3.63, 3.8) is 0 Å². The number of aliphatic hydroxyl groups is 1. The number of ketones is 1. The maximum absolute atomic E-state index is 12.0. The average molecular weight is 312 g/mol. The number of thiophene rings is 1. The third kappa shape index (κ3) is 3.38. The first-order valence-electron chi connectivity index (χ1n) is 6.84. The molecule has 1 aromatic heterocycles. The molecule has 116 valence electrons. The number of hydrogen-bond acceptors (Lipinski definition) is 6. The quantitative estimate of drug-likeness (QED) is 0.508. The van der Waals surface area contributed by atoms with Crippen molar-refractivity contribution in [1.82, 2.24) is 0 Å². The van der Waals surface area contributed by atoms with Crippen LogP contribution < -0.4 is 5.46 Å². The largest absolute Gasteiger partial charge is 0.495 e. The van der Waals surface area contributed by atoms with Crippen LogP contribution in [0.25, 0.3) is 0 Å². The van der Waals surface area contributed by atoms with E-state index in [1.807, 2.05) is 33.1 Å². The number of hydrogen-bond donors (Lipinski definition) is 1. The number of rotatable bonds is 5. The summed E-state index contributed by atoms with van der Waals surface area (Å²) in [7, 11) is 0.891. The molecule has 1 aliphatic rings. The van der Waals surface area contributed by atoms with E-state index in [0.717, 1.165) is 5.46 Å². The van der Waals surface area contributed by atoms with Crippen molar-refractivity contribution in [2.75, 3.05) is 7.11 Å². The second kappa shape index (κ2) is 5.81. The normalized spacial score (nSPS) is 21.5. The number of aliphatic hydroxyl groups excluding tert-OH is 1. The van der Waals surface area contributed by atoms with E-state index in [9.17, 15) is 9.90 Å².